The topological polar surface area (TPSA) is 62.0 Å². The lowest BCUT2D eigenvalue weighted by Gasteiger charge is -2.23. The Bertz CT molecular complexity index is 703. The molecule has 3 rings (SSSR count). The molecule has 19 heavy (non-hydrogen) atoms. The lowest BCUT2D eigenvalue weighted by Crippen LogP contribution is -2.39. The molecule has 2 N–H and O–H groups in total. The number of sulfonamides is 1. The zero-order valence-corrected chi connectivity index (χ0v) is 11.8. The minimum Gasteiger partial charge on any atom is -0.358 e. The van der Waals surface area contributed by atoms with Gasteiger partial charge >= 0.3 is 0 Å². The second-order valence-electron chi connectivity index (χ2n) is 5.09. The molecule has 102 valence electrons. The quantitative estimate of drug-likeness (QED) is 0.901. The van der Waals surface area contributed by atoms with Gasteiger partial charge in [-0.3, -0.25) is 0 Å². The minimum atomic E-state index is -3.12. The second-order valence-corrected chi connectivity index (χ2v) is 7.13. The highest BCUT2D eigenvalue weighted by Crippen LogP contribution is 2.29. The fourth-order valence-electron chi connectivity index (χ4n) is 2.82. The molecule has 1 unspecified atom stereocenters. The number of hydrogen-bond acceptors (Lipinski definition) is 2. The maximum Gasteiger partial charge on any atom is 0.211 e. The van der Waals surface area contributed by atoms with E-state index in [0.29, 0.717) is 0 Å². The molecule has 0 saturated carbocycles. The van der Waals surface area contributed by atoms with Crippen molar-refractivity contribution in [2.75, 3.05) is 5.75 Å². The molecular weight excluding hydrogens is 260 g/mol. The highest BCUT2D eigenvalue weighted by Gasteiger charge is 2.24. The van der Waals surface area contributed by atoms with Crippen molar-refractivity contribution in [2.24, 2.45) is 0 Å². The van der Waals surface area contributed by atoms with Gasteiger partial charge in [0.05, 0.1) is 5.75 Å². The second kappa shape index (κ2) is 4.65. The number of para-hydroxylation sites is 1. The maximum atomic E-state index is 11.6. The van der Waals surface area contributed by atoms with Crippen molar-refractivity contribution in [3.8, 4) is 0 Å². The van der Waals surface area contributed by atoms with Crippen LogP contribution < -0.4 is 4.72 Å². The summed E-state index contributed by atoms with van der Waals surface area (Å²) in [7, 11) is -3.12. The Hall–Kier alpha value is -1.33. The molecule has 0 aliphatic heterocycles. The van der Waals surface area contributed by atoms with Gasteiger partial charge in [0.25, 0.3) is 0 Å². The summed E-state index contributed by atoms with van der Waals surface area (Å²) in [5.41, 5.74) is 3.67. The lowest BCUT2D eigenvalue weighted by atomic mass is 9.92. The van der Waals surface area contributed by atoms with Crippen LogP contribution in [0.5, 0.6) is 0 Å². The van der Waals surface area contributed by atoms with Crippen molar-refractivity contribution in [2.45, 2.75) is 32.2 Å². The van der Waals surface area contributed by atoms with E-state index < -0.39 is 10.0 Å². The van der Waals surface area contributed by atoms with Gasteiger partial charge in [0.15, 0.2) is 0 Å². The Labute approximate surface area is 113 Å². The van der Waals surface area contributed by atoms with E-state index in [1.54, 1.807) is 6.92 Å². The van der Waals surface area contributed by atoms with Crippen molar-refractivity contribution in [1.29, 1.82) is 0 Å². The summed E-state index contributed by atoms with van der Waals surface area (Å²) < 4.78 is 26.0. The number of fused-ring (bicyclic) bond motifs is 3. The molecule has 0 bridgehead atoms. The first-order chi connectivity index (χ1) is 9.09. The van der Waals surface area contributed by atoms with E-state index in [1.165, 1.54) is 16.6 Å². The minimum absolute atomic E-state index is 0.0190. The molecule has 0 fully saturated rings. The highest BCUT2D eigenvalue weighted by molar-refractivity contribution is 7.89. The van der Waals surface area contributed by atoms with Crippen molar-refractivity contribution in [1.82, 2.24) is 9.71 Å². The van der Waals surface area contributed by atoms with Gasteiger partial charge in [-0.1, -0.05) is 18.2 Å². The fourth-order valence-corrected chi connectivity index (χ4v) is 3.70. The van der Waals surface area contributed by atoms with Crippen molar-refractivity contribution < 1.29 is 8.42 Å². The molecule has 1 aliphatic rings. The van der Waals surface area contributed by atoms with Gasteiger partial charge in [-0.15, -0.1) is 0 Å². The van der Waals surface area contributed by atoms with E-state index in [4.69, 9.17) is 0 Å². The van der Waals surface area contributed by atoms with E-state index in [0.717, 1.165) is 24.8 Å². The largest absolute Gasteiger partial charge is 0.358 e. The van der Waals surface area contributed by atoms with E-state index in [-0.39, 0.29) is 11.8 Å². The molecule has 0 amide bonds. The number of aromatic nitrogens is 1. The van der Waals surface area contributed by atoms with Crippen molar-refractivity contribution in [3.05, 3.63) is 35.5 Å². The zero-order chi connectivity index (χ0) is 13.5. The highest BCUT2D eigenvalue weighted by atomic mass is 32.2. The van der Waals surface area contributed by atoms with Crippen LogP contribution in [0.25, 0.3) is 10.9 Å². The van der Waals surface area contributed by atoms with Gasteiger partial charge in [-0.2, -0.15) is 0 Å². The van der Waals surface area contributed by atoms with E-state index in [1.807, 2.05) is 12.1 Å². The third-order valence-electron chi connectivity index (χ3n) is 3.82. The molecule has 0 radical (unpaired) electrons. The number of rotatable bonds is 3. The molecular formula is C14H18N2O2S. The molecule has 4 nitrogen and oxygen atoms in total. The number of nitrogens with one attached hydrogen (secondary N) is 2. The normalized spacial score (nSPS) is 19.5. The molecule has 2 aromatic rings. The first kappa shape index (κ1) is 12.7. The number of aromatic amines is 1. The summed E-state index contributed by atoms with van der Waals surface area (Å²) in [5.74, 6) is 0.142. The smallest absolute Gasteiger partial charge is 0.211 e. The summed E-state index contributed by atoms with van der Waals surface area (Å²) in [6, 6.07) is 8.27. The third-order valence-corrected chi connectivity index (χ3v) is 5.27. The van der Waals surface area contributed by atoms with E-state index >= 15 is 0 Å². The first-order valence-corrected chi connectivity index (χ1v) is 8.33. The predicted molar refractivity (Wildman–Crippen MR) is 76.7 cm³/mol. The predicted octanol–water partition coefficient (Wildman–Crippen LogP) is 1.96. The molecule has 1 atom stereocenters. The lowest BCUT2D eigenvalue weighted by molar-refractivity contribution is 0.506. The van der Waals surface area contributed by atoms with Gasteiger partial charge < -0.3 is 4.98 Å². The molecule has 1 aliphatic carbocycles. The van der Waals surface area contributed by atoms with Crippen LogP contribution in [0.3, 0.4) is 0 Å². The van der Waals surface area contributed by atoms with Crippen LogP contribution in [-0.2, 0) is 22.9 Å². The standard InChI is InChI=1S/C14H18N2O2S/c1-2-19(17,18)16-10-7-8-12-11-5-3-4-6-13(11)15-14(12)9-10/h3-6,10,15-16H,2,7-9H2,1H3. The Morgan fingerprint density at radius 2 is 2.16 bits per heavy atom. The van der Waals surface area contributed by atoms with Crippen LogP contribution in [0, 0.1) is 0 Å². The molecule has 0 saturated heterocycles. The third kappa shape index (κ3) is 2.40. The number of aryl methyl sites for hydroxylation is 1. The average Bonchev–Trinajstić information content (AvgIpc) is 2.75. The SMILES string of the molecule is CCS(=O)(=O)NC1CCc2c([nH]c3ccccc23)C1. The van der Waals surface area contributed by atoms with Crippen LogP contribution in [-0.4, -0.2) is 25.2 Å². The van der Waals surface area contributed by atoms with Crippen LogP contribution in [0.2, 0.25) is 0 Å². The van der Waals surface area contributed by atoms with Crippen LogP contribution in [0.15, 0.2) is 24.3 Å². The Morgan fingerprint density at radius 1 is 1.37 bits per heavy atom. The number of benzene rings is 1. The molecule has 1 aromatic heterocycles. The Morgan fingerprint density at radius 3 is 2.95 bits per heavy atom. The maximum absolute atomic E-state index is 11.6. The van der Waals surface area contributed by atoms with E-state index in [2.05, 4.69) is 21.8 Å². The monoisotopic (exact) mass is 278 g/mol. The summed E-state index contributed by atoms with van der Waals surface area (Å²) in [6.45, 7) is 1.67. The molecule has 5 heteroatoms. The number of hydrogen-bond donors (Lipinski definition) is 2. The van der Waals surface area contributed by atoms with Crippen LogP contribution in [0.4, 0.5) is 0 Å². The van der Waals surface area contributed by atoms with Crippen LogP contribution >= 0.6 is 0 Å². The summed E-state index contributed by atoms with van der Waals surface area (Å²) in [5, 5.41) is 1.27. The summed E-state index contributed by atoms with van der Waals surface area (Å²) in [6.07, 6.45) is 2.55. The fraction of sp³-hybridized carbons (Fsp3) is 0.429. The first-order valence-electron chi connectivity index (χ1n) is 6.67. The van der Waals surface area contributed by atoms with Gasteiger partial charge in [-0.05, 0) is 31.4 Å². The molecule has 1 heterocycles. The van der Waals surface area contributed by atoms with Gasteiger partial charge in [0.1, 0.15) is 0 Å². The van der Waals surface area contributed by atoms with Gasteiger partial charge in [0, 0.05) is 29.1 Å². The molecule has 0 spiro atoms. The van der Waals surface area contributed by atoms with Crippen LogP contribution in [0.1, 0.15) is 24.6 Å². The van der Waals surface area contributed by atoms with Crippen molar-refractivity contribution >= 4 is 20.9 Å². The van der Waals surface area contributed by atoms with Gasteiger partial charge in [0.2, 0.25) is 10.0 Å². The number of H-pyrrole nitrogens is 1. The summed E-state index contributed by atoms with van der Waals surface area (Å²) in [4.78, 5) is 3.41. The summed E-state index contributed by atoms with van der Waals surface area (Å²) >= 11 is 0. The Balaban J connectivity index is 1.88. The van der Waals surface area contributed by atoms with Gasteiger partial charge in [-0.25, -0.2) is 13.1 Å². The molecule has 1 aromatic carbocycles. The van der Waals surface area contributed by atoms with E-state index in [9.17, 15) is 8.42 Å². The Kier molecular flexibility index (Phi) is 3.11. The zero-order valence-electron chi connectivity index (χ0n) is 10.9. The van der Waals surface area contributed by atoms with Crippen molar-refractivity contribution in [3.63, 3.8) is 0 Å². The average molecular weight is 278 g/mol.